The Hall–Kier alpha value is -0.820. The summed E-state index contributed by atoms with van der Waals surface area (Å²) in [6.07, 6.45) is 2.09. The van der Waals surface area contributed by atoms with Crippen LogP contribution in [0.1, 0.15) is 19.3 Å². The average molecular weight is 249 g/mol. The lowest BCUT2D eigenvalue weighted by Gasteiger charge is -2.08. The van der Waals surface area contributed by atoms with Crippen LogP contribution in [-0.2, 0) is 9.84 Å². The van der Waals surface area contributed by atoms with Crippen LogP contribution in [0.4, 0.5) is 0 Å². The number of hydrogen-bond donors (Lipinski definition) is 3. The summed E-state index contributed by atoms with van der Waals surface area (Å²) in [7, 11) is -2.77. The van der Waals surface area contributed by atoms with Crippen LogP contribution in [-0.4, -0.2) is 44.1 Å². The van der Waals surface area contributed by atoms with Gasteiger partial charge in [0.2, 0.25) is 0 Å². The third-order valence-corrected chi connectivity index (χ3v) is 4.51. The van der Waals surface area contributed by atoms with Gasteiger partial charge in [0.05, 0.1) is 11.5 Å². The number of rotatable bonds is 6. The Bertz CT molecular complexity index is 340. The summed E-state index contributed by atoms with van der Waals surface area (Å²) in [4.78, 5) is 0. The van der Waals surface area contributed by atoms with E-state index in [4.69, 9.17) is 10.9 Å². The van der Waals surface area contributed by atoms with Gasteiger partial charge in [0, 0.05) is 6.42 Å². The lowest BCUT2D eigenvalue weighted by atomic mass is 10.1. The molecule has 7 heteroatoms. The van der Waals surface area contributed by atoms with E-state index in [1.54, 1.807) is 0 Å². The number of nitrogens with one attached hydrogen (secondary N) is 1. The lowest BCUT2D eigenvalue weighted by molar-refractivity contribution is 0.316. The summed E-state index contributed by atoms with van der Waals surface area (Å²) in [5.41, 5.74) is 5.31. The van der Waals surface area contributed by atoms with E-state index in [2.05, 4.69) is 10.5 Å². The third-order valence-electron chi connectivity index (χ3n) is 2.67. The molecule has 0 bridgehead atoms. The molecule has 16 heavy (non-hydrogen) atoms. The van der Waals surface area contributed by atoms with Gasteiger partial charge in [0.25, 0.3) is 0 Å². The van der Waals surface area contributed by atoms with Gasteiger partial charge in [0.15, 0.2) is 9.84 Å². The van der Waals surface area contributed by atoms with Crippen molar-refractivity contribution in [3.63, 3.8) is 0 Å². The minimum Gasteiger partial charge on any atom is -0.409 e. The van der Waals surface area contributed by atoms with Crippen LogP contribution in [0.15, 0.2) is 5.16 Å². The van der Waals surface area contributed by atoms with Gasteiger partial charge in [-0.2, -0.15) is 0 Å². The summed E-state index contributed by atoms with van der Waals surface area (Å²) in [5, 5.41) is 14.4. The SMILES string of the molecule is NC(CCCNCC1CCS(=O)(=O)C1)=NO. The Morgan fingerprint density at radius 2 is 2.31 bits per heavy atom. The highest BCUT2D eigenvalue weighted by Crippen LogP contribution is 2.17. The number of oxime groups is 1. The summed E-state index contributed by atoms with van der Waals surface area (Å²) in [5.74, 6) is 1.10. The Balaban J connectivity index is 2.04. The Labute approximate surface area is 95.8 Å². The van der Waals surface area contributed by atoms with E-state index in [9.17, 15) is 8.42 Å². The fourth-order valence-electron chi connectivity index (χ4n) is 1.78. The van der Waals surface area contributed by atoms with E-state index in [1.165, 1.54) is 0 Å². The molecule has 1 atom stereocenters. The zero-order chi connectivity index (χ0) is 12.0. The van der Waals surface area contributed by atoms with Gasteiger partial charge in [-0.3, -0.25) is 0 Å². The Morgan fingerprint density at radius 3 is 2.88 bits per heavy atom. The minimum absolute atomic E-state index is 0.227. The lowest BCUT2D eigenvalue weighted by Crippen LogP contribution is -2.25. The van der Waals surface area contributed by atoms with Crippen molar-refractivity contribution >= 4 is 15.7 Å². The molecule has 0 aliphatic carbocycles. The van der Waals surface area contributed by atoms with Crippen molar-refractivity contribution in [2.45, 2.75) is 19.3 Å². The van der Waals surface area contributed by atoms with Gasteiger partial charge >= 0.3 is 0 Å². The molecular weight excluding hydrogens is 230 g/mol. The predicted octanol–water partition coefficient (Wildman–Crippen LogP) is -0.463. The third kappa shape index (κ3) is 4.80. The molecule has 0 aromatic carbocycles. The topological polar surface area (TPSA) is 105 Å². The largest absolute Gasteiger partial charge is 0.409 e. The van der Waals surface area contributed by atoms with Gasteiger partial charge < -0.3 is 16.3 Å². The van der Waals surface area contributed by atoms with Crippen LogP contribution in [0.3, 0.4) is 0 Å². The molecule has 1 aliphatic heterocycles. The van der Waals surface area contributed by atoms with Gasteiger partial charge in [-0.05, 0) is 31.8 Å². The predicted molar refractivity (Wildman–Crippen MR) is 62.3 cm³/mol. The first-order valence-electron chi connectivity index (χ1n) is 5.41. The van der Waals surface area contributed by atoms with Crippen molar-refractivity contribution in [1.82, 2.24) is 5.32 Å². The first-order chi connectivity index (χ1) is 7.53. The second kappa shape index (κ2) is 6.05. The molecule has 1 fully saturated rings. The summed E-state index contributed by atoms with van der Waals surface area (Å²) < 4.78 is 22.3. The van der Waals surface area contributed by atoms with E-state index in [1.807, 2.05) is 0 Å². The second-order valence-corrected chi connectivity index (χ2v) is 6.40. The fourth-order valence-corrected chi connectivity index (χ4v) is 3.65. The number of sulfone groups is 1. The first kappa shape index (κ1) is 13.2. The van der Waals surface area contributed by atoms with Crippen molar-refractivity contribution < 1.29 is 13.6 Å². The molecule has 1 heterocycles. The number of amidine groups is 1. The van der Waals surface area contributed by atoms with Gasteiger partial charge in [0.1, 0.15) is 5.84 Å². The van der Waals surface area contributed by atoms with Crippen LogP contribution in [0.2, 0.25) is 0 Å². The molecule has 6 nitrogen and oxygen atoms in total. The standard InChI is InChI=1S/C9H19N3O3S/c10-9(12-13)2-1-4-11-6-8-3-5-16(14,15)7-8/h8,11,13H,1-7H2,(H2,10,12). The van der Waals surface area contributed by atoms with Crippen molar-refractivity contribution in [2.24, 2.45) is 16.8 Å². The highest BCUT2D eigenvalue weighted by Gasteiger charge is 2.27. The highest BCUT2D eigenvalue weighted by molar-refractivity contribution is 7.91. The first-order valence-corrected chi connectivity index (χ1v) is 7.23. The van der Waals surface area contributed by atoms with Crippen molar-refractivity contribution in [3.8, 4) is 0 Å². The maximum absolute atomic E-state index is 11.2. The molecule has 0 spiro atoms. The minimum atomic E-state index is -2.77. The van der Waals surface area contributed by atoms with E-state index >= 15 is 0 Å². The smallest absolute Gasteiger partial charge is 0.150 e. The molecule has 1 saturated heterocycles. The van der Waals surface area contributed by atoms with Crippen LogP contribution in [0.5, 0.6) is 0 Å². The van der Waals surface area contributed by atoms with Crippen LogP contribution in [0.25, 0.3) is 0 Å². The molecule has 4 N–H and O–H groups in total. The maximum atomic E-state index is 11.2. The molecular formula is C9H19N3O3S. The maximum Gasteiger partial charge on any atom is 0.150 e. The zero-order valence-corrected chi connectivity index (χ0v) is 10.0. The van der Waals surface area contributed by atoms with Crippen LogP contribution < -0.4 is 11.1 Å². The highest BCUT2D eigenvalue weighted by atomic mass is 32.2. The molecule has 0 aromatic rings. The summed E-state index contributed by atoms with van der Waals surface area (Å²) in [6, 6.07) is 0. The average Bonchev–Trinajstić information content (AvgIpc) is 2.57. The van der Waals surface area contributed by atoms with Gasteiger partial charge in [-0.15, -0.1) is 0 Å². The quantitative estimate of drug-likeness (QED) is 0.194. The monoisotopic (exact) mass is 249 g/mol. The number of nitrogens with zero attached hydrogens (tertiary/aromatic N) is 1. The molecule has 0 radical (unpaired) electrons. The number of hydrogen-bond acceptors (Lipinski definition) is 5. The molecule has 1 aliphatic rings. The molecule has 1 rings (SSSR count). The van der Waals surface area contributed by atoms with Crippen molar-refractivity contribution in [3.05, 3.63) is 0 Å². The van der Waals surface area contributed by atoms with Gasteiger partial charge in [-0.1, -0.05) is 5.16 Å². The van der Waals surface area contributed by atoms with Crippen LogP contribution in [0, 0.1) is 5.92 Å². The Kier molecular flexibility index (Phi) is 5.01. The van der Waals surface area contributed by atoms with E-state index in [0.29, 0.717) is 17.9 Å². The second-order valence-electron chi connectivity index (χ2n) is 4.17. The normalized spacial score (nSPS) is 24.8. The fraction of sp³-hybridized carbons (Fsp3) is 0.889. The van der Waals surface area contributed by atoms with E-state index in [-0.39, 0.29) is 11.8 Å². The summed E-state index contributed by atoms with van der Waals surface area (Å²) >= 11 is 0. The molecule has 0 aromatic heterocycles. The molecule has 0 amide bonds. The number of nitrogens with two attached hydrogens (primary N) is 1. The summed E-state index contributed by atoms with van der Waals surface area (Å²) in [6.45, 7) is 1.49. The zero-order valence-electron chi connectivity index (χ0n) is 9.22. The van der Waals surface area contributed by atoms with E-state index in [0.717, 1.165) is 25.9 Å². The Morgan fingerprint density at radius 1 is 1.56 bits per heavy atom. The van der Waals surface area contributed by atoms with Gasteiger partial charge in [-0.25, -0.2) is 8.42 Å². The van der Waals surface area contributed by atoms with Crippen LogP contribution >= 0.6 is 0 Å². The molecule has 1 unspecified atom stereocenters. The van der Waals surface area contributed by atoms with Crippen molar-refractivity contribution in [1.29, 1.82) is 0 Å². The van der Waals surface area contributed by atoms with Crippen molar-refractivity contribution in [2.75, 3.05) is 24.6 Å². The molecule has 94 valence electrons. The van der Waals surface area contributed by atoms with E-state index < -0.39 is 9.84 Å². The molecule has 0 saturated carbocycles.